The summed E-state index contributed by atoms with van der Waals surface area (Å²) in [5.74, 6) is -0.351. The van der Waals surface area contributed by atoms with Crippen LogP contribution >= 0.6 is 11.8 Å². The smallest absolute Gasteiger partial charge is 0.315 e. The molecule has 13 heteroatoms. The van der Waals surface area contributed by atoms with Gasteiger partial charge in [-0.3, -0.25) is 24.6 Å². The SMILES string of the molecule is C=CSC(=N)CC(NC(=O)NC(C(=O)N1CCCC1C(=O)NC(CC(C)CCC)C(C)=O)C(C)(C)C)C(C)C.CNC.NC=O. The topological polar surface area (TPSA) is 187 Å². The van der Waals surface area contributed by atoms with Gasteiger partial charge in [-0.2, -0.15) is 0 Å². The number of ketones is 1. The van der Waals surface area contributed by atoms with Crippen molar-refractivity contribution in [2.75, 3.05) is 20.6 Å². The molecule has 1 aliphatic rings. The molecule has 0 bridgehead atoms. The summed E-state index contributed by atoms with van der Waals surface area (Å²) in [6, 6.07) is -2.90. The number of rotatable bonds is 14. The number of thioether (sulfide) groups is 1. The summed E-state index contributed by atoms with van der Waals surface area (Å²) in [6.07, 6.45) is 4.34. The third-order valence-electron chi connectivity index (χ3n) is 7.21. The molecule has 5 atom stereocenters. The third kappa shape index (κ3) is 18.0. The molecule has 0 aromatic carbocycles. The first kappa shape index (κ1) is 44.2. The summed E-state index contributed by atoms with van der Waals surface area (Å²) in [5.41, 5.74) is 3.55. The number of carbonyl (C=O) groups excluding carboxylic acids is 5. The third-order valence-corrected chi connectivity index (χ3v) is 7.82. The zero-order valence-electron chi connectivity index (χ0n) is 29.2. The van der Waals surface area contributed by atoms with Crippen molar-refractivity contribution < 1.29 is 24.0 Å². The highest BCUT2D eigenvalue weighted by molar-refractivity contribution is 8.16. The van der Waals surface area contributed by atoms with Gasteiger partial charge in [-0.15, -0.1) is 0 Å². The van der Waals surface area contributed by atoms with E-state index in [9.17, 15) is 19.2 Å². The maximum Gasteiger partial charge on any atom is 0.315 e. The lowest BCUT2D eigenvalue weighted by atomic mass is 9.85. The number of nitrogens with one attached hydrogen (secondary N) is 5. The maximum absolute atomic E-state index is 13.8. The zero-order chi connectivity index (χ0) is 35.3. The fourth-order valence-electron chi connectivity index (χ4n) is 4.87. The second-order valence-electron chi connectivity index (χ2n) is 12.8. The molecule has 1 fully saturated rings. The van der Waals surface area contributed by atoms with Crippen molar-refractivity contribution in [2.24, 2.45) is 23.0 Å². The Bertz CT molecular complexity index is 955. The Balaban J connectivity index is 0. The van der Waals surface area contributed by atoms with Crippen LogP contribution in [0.15, 0.2) is 12.0 Å². The average molecular weight is 656 g/mol. The molecular formula is C32H61N7O5S. The lowest BCUT2D eigenvalue weighted by molar-refractivity contribution is -0.142. The van der Waals surface area contributed by atoms with Gasteiger partial charge in [0, 0.05) is 19.0 Å². The molecule has 45 heavy (non-hydrogen) atoms. The van der Waals surface area contributed by atoms with E-state index in [-0.39, 0.29) is 36.0 Å². The van der Waals surface area contributed by atoms with E-state index in [1.807, 2.05) is 48.7 Å². The van der Waals surface area contributed by atoms with Crippen LogP contribution in [-0.2, 0) is 19.2 Å². The molecule has 0 radical (unpaired) electrons. The number of likely N-dealkylation sites (tertiary alicyclic amines) is 1. The predicted molar refractivity (Wildman–Crippen MR) is 185 cm³/mol. The van der Waals surface area contributed by atoms with E-state index in [0.717, 1.165) is 12.8 Å². The van der Waals surface area contributed by atoms with Crippen LogP contribution in [0.2, 0.25) is 0 Å². The summed E-state index contributed by atoms with van der Waals surface area (Å²) in [5, 5.41) is 21.5. The van der Waals surface area contributed by atoms with Crippen LogP contribution in [0.5, 0.6) is 0 Å². The van der Waals surface area contributed by atoms with E-state index in [4.69, 9.17) is 10.2 Å². The van der Waals surface area contributed by atoms with Crippen molar-refractivity contribution >= 4 is 46.8 Å². The first-order valence-corrected chi connectivity index (χ1v) is 16.6. The Labute approximate surface area is 275 Å². The second kappa shape index (κ2) is 23.4. The van der Waals surface area contributed by atoms with Crippen LogP contribution in [-0.4, -0.2) is 84.8 Å². The number of nitrogens with two attached hydrogens (primary N) is 1. The number of hydrogen-bond donors (Lipinski definition) is 6. The van der Waals surface area contributed by atoms with Gasteiger partial charge >= 0.3 is 6.03 Å². The molecule has 5 amide bonds. The number of Topliss-reactive ketones (excluding diaryl/α,β-unsaturated/α-hetero) is 1. The van der Waals surface area contributed by atoms with Crippen molar-refractivity contribution in [3.63, 3.8) is 0 Å². The predicted octanol–water partition coefficient (Wildman–Crippen LogP) is 3.80. The Morgan fingerprint density at radius 2 is 1.67 bits per heavy atom. The minimum absolute atomic E-state index is 0.0752. The van der Waals surface area contributed by atoms with E-state index in [0.29, 0.717) is 43.2 Å². The van der Waals surface area contributed by atoms with Crippen molar-refractivity contribution in [1.29, 1.82) is 5.41 Å². The fourth-order valence-corrected chi connectivity index (χ4v) is 5.34. The number of primary amides is 1. The molecule has 260 valence electrons. The van der Waals surface area contributed by atoms with Gasteiger partial charge in [0.05, 0.1) is 11.1 Å². The molecule has 1 aliphatic heterocycles. The van der Waals surface area contributed by atoms with Gasteiger partial charge in [-0.05, 0) is 62.9 Å². The number of amides is 5. The number of hydrogen-bond acceptors (Lipinski definition) is 8. The minimum atomic E-state index is -0.867. The summed E-state index contributed by atoms with van der Waals surface area (Å²) in [7, 11) is 3.75. The molecule has 7 N–H and O–H groups in total. The molecule has 12 nitrogen and oxygen atoms in total. The summed E-state index contributed by atoms with van der Waals surface area (Å²) in [6.45, 7) is 19.3. The molecule has 0 aromatic rings. The van der Waals surface area contributed by atoms with Gasteiger partial charge in [-0.25, -0.2) is 4.79 Å². The van der Waals surface area contributed by atoms with Crippen LogP contribution < -0.4 is 27.0 Å². The molecule has 0 saturated carbocycles. The highest BCUT2D eigenvalue weighted by Crippen LogP contribution is 2.26. The van der Waals surface area contributed by atoms with Gasteiger partial charge in [0.1, 0.15) is 12.1 Å². The van der Waals surface area contributed by atoms with Crippen LogP contribution in [0.4, 0.5) is 4.79 Å². The molecule has 1 heterocycles. The lowest BCUT2D eigenvalue weighted by Gasteiger charge is -2.36. The van der Waals surface area contributed by atoms with Crippen LogP contribution in [0.1, 0.15) is 93.9 Å². The van der Waals surface area contributed by atoms with E-state index >= 15 is 0 Å². The summed E-state index contributed by atoms with van der Waals surface area (Å²) in [4.78, 5) is 62.6. The summed E-state index contributed by atoms with van der Waals surface area (Å²) < 4.78 is 0. The molecule has 1 rings (SSSR count). The van der Waals surface area contributed by atoms with Crippen LogP contribution in [0.25, 0.3) is 0 Å². The van der Waals surface area contributed by atoms with Gasteiger partial charge < -0.3 is 31.9 Å². The van der Waals surface area contributed by atoms with Crippen molar-refractivity contribution in [3.8, 4) is 0 Å². The van der Waals surface area contributed by atoms with E-state index in [1.165, 1.54) is 18.7 Å². The molecule has 0 aromatic heterocycles. The van der Waals surface area contributed by atoms with Crippen molar-refractivity contribution in [3.05, 3.63) is 12.0 Å². The number of nitrogens with zero attached hydrogens (tertiary/aromatic N) is 1. The highest BCUT2D eigenvalue weighted by atomic mass is 32.2. The minimum Gasteiger partial charge on any atom is -0.372 e. The quantitative estimate of drug-likeness (QED) is 0.0933. The monoisotopic (exact) mass is 655 g/mol. The van der Waals surface area contributed by atoms with E-state index in [1.54, 1.807) is 10.3 Å². The van der Waals surface area contributed by atoms with Crippen LogP contribution in [0, 0.1) is 22.7 Å². The molecular weight excluding hydrogens is 594 g/mol. The highest BCUT2D eigenvalue weighted by Gasteiger charge is 2.42. The second-order valence-corrected chi connectivity index (χ2v) is 13.9. The van der Waals surface area contributed by atoms with Crippen molar-refractivity contribution in [1.82, 2.24) is 26.2 Å². The molecule has 0 spiro atoms. The van der Waals surface area contributed by atoms with Gasteiger partial charge in [0.2, 0.25) is 18.2 Å². The Morgan fingerprint density at radius 3 is 2.11 bits per heavy atom. The first-order chi connectivity index (χ1) is 20.9. The Morgan fingerprint density at radius 1 is 1.11 bits per heavy atom. The fraction of sp³-hybridized carbons (Fsp3) is 0.750. The molecule has 0 aliphatic carbocycles. The van der Waals surface area contributed by atoms with Crippen molar-refractivity contribution in [2.45, 2.75) is 118 Å². The standard InChI is InChI=1S/C29H51N5O4S.C2H7N.CH3NO/c1-10-13-19(5)16-22(20(6)35)31-26(36)23-14-12-15-34(23)27(37)25(29(7,8)9)33-28(38)32-21(18(3)4)17-24(30)39-11-2;1-3-2;2-1-3/h11,18-19,21-23,25,30H,2,10,12-17H2,1,3-9H3,(H,31,36)(H2,32,33,38);3H,1-2H3;1H,(H2,2,3). The largest absolute Gasteiger partial charge is 0.372 e. The molecule has 5 unspecified atom stereocenters. The Kier molecular flexibility index (Phi) is 23.0. The van der Waals surface area contributed by atoms with Gasteiger partial charge in [-0.1, -0.05) is 79.6 Å². The average Bonchev–Trinajstić information content (AvgIpc) is 3.41. The zero-order valence-corrected chi connectivity index (χ0v) is 30.1. The summed E-state index contributed by atoms with van der Waals surface area (Å²) >= 11 is 1.21. The van der Waals surface area contributed by atoms with Crippen LogP contribution in [0.3, 0.4) is 0 Å². The normalized spacial score (nSPS) is 16.8. The first-order valence-electron chi connectivity index (χ1n) is 15.7. The Hall–Kier alpha value is -2.93. The number of urea groups is 1. The lowest BCUT2D eigenvalue weighted by Crippen LogP contribution is -2.60. The van der Waals surface area contributed by atoms with E-state index in [2.05, 4.69) is 47.4 Å². The van der Waals surface area contributed by atoms with Gasteiger partial charge in [0.25, 0.3) is 0 Å². The maximum atomic E-state index is 13.8. The number of carbonyl (C=O) groups is 5. The van der Waals surface area contributed by atoms with E-state index < -0.39 is 29.6 Å². The van der Waals surface area contributed by atoms with Gasteiger partial charge in [0.15, 0.2) is 5.78 Å². The molecule has 1 saturated heterocycles.